The Bertz CT molecular complexity index is 519. The number of carbonyl (C=O) groups excluding carboxylic acids is 2. The summed E-state index contributed by atoms with van der Waals surface area (Å²) in [7, 11) is 1.43. The van der Waals surface area contributed by atoms with Crippen LogP contribution in [0.15, 0.2) is 18.2 Å². The zero-order valence-electron chi connectivity index (χ0n) is 9.99. The highest BCUT2D eigenvalue weighted by atomic mass is 35.5. The maximum absolute atomic E-state index is 11.5. The molecule has 0 saturated heterocycles. The smallest absolute Gasteiger partial charge is 0.337 e. The van der Waals surface area contributed by atoms with Crippen molar-refractivity contribution in [3.05, 3.63) is 28.8 Å². The Morgan fingerprint density at radius 1 is 1.32 bits per heavy atom. The molecule has 0 atom stereocenters. The van der Waals surface area contributed by atoms with E-state index in [4.69, 9.17) is 16.7 Å². The van der Waals surface area contributed by atoms with E-state index in [0.717, 1.165) is 0 Å². The molecule has 0 spiro atoms. The SMILES string of the molecule is CNC(=O)CNC(=O)Nc1ccc(Cl)cc1C(=O)O. The number of amides is 3. The summed E-state index contributed by atoms with van der Waals surface area (Å²) < 4.78 is 0. The second-order valence-corrected chi connectivity index (χ2v) is 3.91. The summed E-state index contributed by atoms with van der Waals surface area (Å²) in [6.45, 7) is -0.210. The largest absolute Gasteiger partial charge is 0.478 e. The van der Waals surface area contributed by atoms with Gasteiger partial charge in [-0.3, -0.25) is 4.79 Å². The van der Waals surface area contributed by atoms with Crippen molar-refractivity contribution < 1.29 is 19.5 Å². The number of likely N-dealkylation sites (N-methyl/N-ethyl adjacent to an activating group) is 1. The van der Waals surface area contributed by atoms with Crippen LogP contribution in [-0.4, -0.2) is 36.6 Å². The van der Waals surface area contributed by atoms with Gasteiger partial charge in [0.15, 0.2) is 0 Å². The summed E-state index contributed by atoms with van der Waals surface area (Å²) in [4.78, 5) is 33.4. The minimum Gasteiger partial charge on any atom is -0.478 e. The van der Waals surface area contributed by atoms with E-state index in [9.17, 15) is 14.4 Å². The lowest BCUT2D eigenvalue weighted by molar-refractivity contribution is -0.119. The molecule has 19 heavy (non-hydrogen) atoms. The quantitative estimate of drug-likeness (QED) is 0.659. The molecule has 4 N–H and O–H groups in total. The van der Waals surface area contributed by atoms with E-state index in [1.54, 1.807) is 0 Å². The lowest BCUT2D eigenvalue weighted by Gasteiger charge is -2.09. The third-order valence-electron chi connectivity index (χ3n) is 2.15. The van der Waals surface area contributed by atoms with E-state index in [1.165, 1.54) is 25.2 Å². The molecule has 0 aromatic heterocycles. The number of halogens is 1. The van der Waals surface area contributed by atoms with E-state index in [2.05, 4.69) is 16.0 Å². The summed E-state index contributed by atoms with van der Waals surface area (Å²) in [6.07, 6.45) is 0. The van der Waals surface area contributed by atoms with Gasteiger partial charge in [-0.05, 0) is 18.2 Å². The summed E-state index contributed by atoms with van der Waals surface area (Å²) in [5, 5.41) is 16.1. The molecule has 102 valence electrons. The number of carboxylic acid groups (broad SMARTS) is 1. The van der Waals surface area contributed by atoms with Crippen LogP contribution in [0.4, 0.5) is 10.5 Å². The average Bonchev–Trinajstić information content (AvgIpc) is 2.37. The fraction of sp³-hybridized carbons (Fsp3) is 0.182. The molecule has 0 bridgehead atoms. The molecule has 0 unspecified atom stereocenters. The van der Waals surface area contributed by atoms with Crippen molar-refractivity contribution in [2.24, 2.45) is 0 Å². The van der Waals surface area contributed by atoms with E-state index >= 15 is 0 Å². The molecule has 0 saturated carbocycles. The number of carboxylic acids is 1. The molecule has 7 nitrogen and oxygen atoms in total. The first-order chi connectivity index (χ1) is 8.93. The van der Waals surface area contributed by atoms with Gasteiger partial charge in [0.25, 0.3) is 0 Å². The number of hydrogen-bond donors (Lipinski definition) is 4. The third-order valence-corrected chi connectivity index (χ3v) is 2.38. The number of rotatable bonds is 4. The van der Waals surface area contributed by atoms with Crippen LogP contribution in [-0.2, 0) is 4.79 Å². The summed E-state index contributed by atoms with van der Waals surface area (Å²) in [5.74, 6) is -1.59. The Morgan fingerprint density at radius 2 is 2.00 bits per heavy atom. The standard InChI is InChI=1S/C11H12ClN3O4/c1-13-9(16)5-14-11(19)15-8-3-2-6(12)4-7(8)10(17)18/h2-4H,5H2,1H3,(H,13,16)(H,17,18)(H2,14,15,19). The number of aromatic carboxylic acids is 1. The maximum atomic E-state index is 11.5. The van der Waals surface area contributed by atoms with Crippen molar-refractivity contribution in [2.45, 2.75) is 0 Å². The zero-order chi connectivity index (χ0) is 14.4. The molecule has 0 fully saturated rings. The Kier molecular flexibility index (Phi) is 5.13. The minimum absolute atomic E-state index is 0.0892. The van der Waals surface area contributed by atoms with Gasteiger partial charge in [0.2, 0.25) is 5.91 Å². The predicted molar refractivity (Wildman–Crippen MR) is 69.5 cm³/mol. The first-order valence-electron chi connectivity index (χ1n) is 5.22. The summed E-state index contributed by atoms with van der Waals surface area (Å²) in [5.41, 5.74) is -0.0473. The number of benzene rings is 1. The molecule has 0 heterocycles. The van der Waals surface area contributed by atoms with Gasteiger partial charge < -0.3 is 21.1 Å². The number of nitrogens with one attached hydrogen (secondary N) is 3. The van der Waals surface area contributed by atoms with Gasteiger partial charge in [0.05, 0.1) is 17.8 Å². The molecule has 3 amide bonds. The highest BCUT2D eigenvalue weighted by Gasteiger charge is 2.13. The van der Waals surface area contributed by atoms with Gasteiger partial charge in [0, 0.05) is 12.1 Å². The number of carbonyl (C=O) groups is 3. The Labute approximate surface area is 113 Å². The van der Waals surface area contributed by atoms with Crippen molar-refractivity contribution in [1.82, 2.24) is 10.6 Å². The summed E-state index contributed by atoms with van der Waals surface area (Å²) >= 11 is 5.67. The van der Waals surface area contributed by atoms with Crippen molar-refractivity contribution in [3.63, 3.8) is 0 Å². The second-order valence-electron chi connectivity index (χ2n) is 3.48. The average molecular weight is 286 g/mol. The Balaban J connectivity index is 2.74. The normalized spacial score (nSPS) is 9.58. The topological polar surface area (TPSA) is 108 Å². The molecule has 1 rings (SSSR count). The van der Waals surface area contributed by atoms with Crippen LogP contribution in [0, 0.1) is 0 Å². The molecule has 1 aromatic carbocycles. The Hall–Kier alpha value is -2.28. The van der Waals surface area contributed by atoms with Gasteiger partial charge in [-0.1, -0.05) is 11.6 Å². The van der Waals surface area contributed by atoms with Gasteiger partial charge in [-0.2, -0.15) is 0 Å². The van der Waals surface area contributed by atoms with Crippen LogP contribution >= 0.6 is 11.6 Å². The molecular formula is C11H12ClN3O4. The first kappa shape index (κ1) is 14.8. The molecular weight excluding hydrogens is 274 g/mol. The van der Waals surface area contributed by atoms with E-state index < -0.39 is 12.0 Å². The van der Waals surface area contributed by atoms with E-state index in [0.29, 0.717) is 0 Å². The zero-order valence-corrected chi connectivity index (χ0v) is 10.7. The fourth-order valence-corrected chi connectivity index (χ4v) is 1.39. The second kappa shape index (κ2) is 6.60. The van der Waals surface area contributed by atoms with Crippen LogP contribution in [0.2, 0.25) is 5.02 Å². The van der Waals surface area contributed by atoms with E-state index in [-0.39, 0.29) is 28.7 Å². The highest BCUT2D eigenvalue weighted by Crippen LogP contribution is 2.20. The molecule has 0 aliphatic carbocycles. The van der Waals surface area contributed by atoms with Crippen LogP contribution < -0.4 is 16.0 Å². The Morgan fingerprint density at radius 3 is 2.58 bits per heavy atom. The molecule has 8 heteroatoms. The number of anilines is 1. The third kappa shape index (κ3) is 4.47. The first-order valence-corrected chi connectivity index (χ1v) is 5.60. The van der Waals surface area contributed by atoms with E-state index in [1.807, 2.05) is 0 Å². The van der Waals surface area contributed by atoms with Crippen molar-refractivity contribution in [3.8, 4) is 0 Å². The predicted octanol–water partition coefficient (Wildman–Crippen LogP) is 0.906. The van der Waals surface area contributed by atoms with Crippen molar-refractivity contribution >= 4 is 35.2 Å². The van der Waals surface area contributed by atoms with Crippen LogP contribution in [0.25, 0.3) is 0 Å². The minimum atomic E-state index is -1.22. The number of urea groups is 1. The molecule has 0 aliphatic rings. The van der Waals surface area contributed by atoms with Gasteiger partial charge in [-0.25, -0.2) is 9.59 Å². The summed E-state index contributed by atoms with van der Waals surface area (Å²) in [6, 6.07) is 3.35. The van der Waals surface area contributed by atoms with Gasteiger partial charge >= 0.3 is 12.0 Å². The highest BCUT2D eigenvalue weighted by molar-refractivity contribution is 6.31. The van der Waals surface area contributed by atoms with Crippen molar-refractivity contribution in [2.75, 3.05) is 18.9 Å². The molecule has 0 radical (unpaired) electrons. The van der Waals surface area contributed by atoms with Gasteiger partial charge in [0.1, 0.15) is 0 Å². The van der Waals surface area contributed by atoms with Crippen molar-refractivity contribution in [1.29, 1.82) is 0 Å². The molecule has 0 aliphatic heterocycles. The van der Waals surface area contributed by atoms with Crippen LogP contribution in [0.5, 0.6) is 0 Å². The monoisotopic (exact) mass is 285 g/mol. The maximum Gasteiger partial charge on any atom is 0.337 e. The molecule has 1 aromatic rings. The number of hydrogen-bond acceptors (Lipinski definition) is 3. The van der Waals surface area contributed by atoms with Crippen LogP contribution in [0.1, 0.15) is 10.4 Å². The lowest BCUT2D eigenvalue weighted by Crippen LogP contribution is -2.37. The van der Waals surface area contributed by atoms with Crippen LogP contribution in [0.3, 0.4) is 0 Å². The van der Waals surface area contributed by atoms with Gasteiger partial charge in [-0.15, -0.1) is 0 Å². The lowest BCUT2D eigenvalue weighted by atomic mass is 10.2. The fourth-order valence-electron chi connectivity index (χ4n) is 1.22.